The predicted molar refractivity (Wildman–Crippen MR) is 54.7 cm³/mol. The lowest BCUT2D eigenvalue weighted by molar-refractivity contribution is 0.252. The van der Waals surface area contributed by atoms with Crippen LogP contribution in [0.15, 0.2) is 30.3 Å². The van der Waals surface area contributed by atoms with E-state index in [0.717, 1.165) is 13.0 Å². The normalized spacial score (nSPS) is 12.8. The van der Waals surface area contributed by atoms with Crippen molar-refractivity contribution in [3.63, 3.8) is 0 Å². The predicted octanol–water partition coefficient (Wildman–Crippen LogP) is 1.20. The van der Waals surface area contributed by atoms with Gasteiger partial charge in [0.05, 0.1) is 6.61 Å². The highest BCUT2D eigenvalue weighted by molar-refractivity contribution is 5.14. The van der Waals surface area contributed by atoms with E-state index < -0.39 is 0 Å². The number of aliphatic hydroxyl groups is 1. The van der Waals surface area contributed by atoms with Crippen LogP contribution in [0.4, 0.5) is 0 Å². The van der Waals surface area contributed by atoms with Crippen molar-refractivity contribution < 1.29 is 5.11 Å². The fraction of sp³-hybridized carbons (Fsp3) is 0.455. The maximum Gasteiger partial charge on any atom is 0.0581 e. The Labute approximate surface area is 79.6 Å². The highest BCUT2D eigenvalue weighted by Gasteiger charge is 1.97. The smallest absolute Gasteiger partial charge is 0.0581 e. The van der Waals surface area contributed by atoms with Crippen molar-refractivity contribution in [1.29, 1.82) is 0 Å². The lowest BCUT2D eigenvalue weighted by Gasteiger charge is -2.09. The molecule has 0 unspecified atom stereocenters. The Morgan fingerprint density at radius 1 is 1.31 bits per heavy atom. The zero-order valence-electron chi connectivity index (χ0n) is 8.03. The molecule has 0 spiro atoms. The van der Waals surface area contributed by atoms with Crippen LogP contribution in [0.5, 0.6) is 0 Å². The second kappa shape index (κ2) is 5.73. The van der Waals surface area contributed by atoms with Gasteiger partial charge in [-0.3, -0.25) is 0 Å². The molecule has 2 nitrogen and oxygen atoms in total. The Hall–Kier alpha value is -0.860. The third-order valence-electron chi connectivity index (χ3n) is 2.02. The topological polar surface area (TPSA) is 32.3 Å². The van der Waals surface area contributed by atoms with Gasteiger partial charge in [0, 0.05) is 6.04 Å². The van der Waals surface area contributed by atoms with E-state index >= 15 is 0 Å². The van der Waals surface area contributed by atoms with Gasteiger partial charge in [-0.15, -0.1) is 0 Å². The van der Waals surface area contributed by atoms with Crippen molar-refractivity contribution in [2.24, 2.45) is 0 Å². The van der Waals surface area contributed by atoms with E-state index in [2.05, 4.69) is 17.4 Å². The Morgan fingerprint density at radius 2 is 2.00 bits per heavy atom. The van der Waals surface area contributed by atoms with Crippen molar-refractivity contribution in [1.82, 2.24) is 5.32 Å². The molecule has 0 aliphatic rings. The van der Waals surface area contributed by atoms with Gasteiger partial charge in [0.25, 0.3) is 0 Å². The van der Waals surface area contributed by atoms with Gasteiger partial charge in [0.2, 0.25) is 0 Å². The molecule has 1 rings (SSSR count). The first-order valence-corrected chi connectivity index (χ1v) is 4.71. The van der Waals surface area contributed by atoms with E-state index in [4.69, 9.17) is 5.11 Å². The first-order chi connectivity index (χ1) is 6.33. The van der Waals surface area contributed by atoms with E-state index in [-0.39, 0.29) is 12.6 Å². The van der Waals surface area contributed by atoms with Gasteiger partial charge >= 0.3 is 0 Å². The maximum atomic E-state index is 8.77. The standard InChI is InChI=1S/C11H17NO/c1-10(9-13)12-8-7-11-5-3-2-4-6-11/h2-6,10,12-13H,7-9H2,1H3/t10-/m0/s1. The van der Waals surface area contributed by atoms with Crippen LogP contribution in [0.3, 0.4) is 0 Å². The fourth-order valence-electron chi connectivity index (χ4n) is 1.17. The van der Waals surface area contributed by atoms with Gasteiger partial charge < -0.3 is 10.4 Å². The molecule has 72 valence electrons. The summed E-state index contributed by atoms with van der Waals surface area (Å²) in [7, 11) is 0. The maximum absolute atomic E-state index is 8.77. The quantitative estimate of drug-likeness (QED) is 0.712. The van der Waals surface area contributed by atoms with Crippen LogP contribution < -0.4 is 5.32 Å². The largest absolute Gasteiger partial charge is 0.395 e. The number of rotatable bonds is 5. The Kier molecular flexibility index (Phi) is 4.50. The number of aliphatic hydroxyl groups excluding tert-OH is 1. The number of hydrogen-bond acceptors (Lipinski definition) is 2. The molecule has 0 aromatic heterocycles. The second-order valence-corrected chi connectivity index (χ2v) is 3.27. The molecule has 0 saturated carbocycles. The monoisotopic (exact) mass is 179 g/mol. The van der Waals surface area contributed by atoms with Crippen LogP contribution in [0.25, 0.3) is 0 Å². The number of nitrogens with one attached hydrogen (secondary N) is 1. The minimum atomic E-state index is 0.198. The third kappa shape index (κ3) is 4.06. The van der Waals surface area contributed by atoms with Gasteiger partial charge in [0.1, 0.15) is 0 Å². The van der Waals surface area contributed by atoms with E-state index in [9.17, 15) is 0 Å². The molecule has 1 aromatic carbocycles. The van der Waals surface area contributed by atoms with Crippen LogP contribution in [0.2, 0.25) is 0 Å². The minimum absolute atomic E-state index is 0.198. The Morgan fingerprint density at radius 3 is 2.62 bits per heavy atom. The summed E-state index contributed by atoms with van der Waals surface area (Å²) in [5.41, 5.74) is 1.33. The van der Waals surface area contributed by atoms with Crippen molar-refractivity contribution in [3.05, 3.63) is 35.9 Å². The average Bonchev–Trinajstić information content (AvgIpc) is 2.19. The van der Waals surface area contributed by atoms with E-state index in [1.807, 2.05) is 25.1 Å². The zero-order valence-corrected chi connectivity index (χ0v) is 8.03. The summed E-state index contributed by atoms with van der Waals surface area (Å²) in [6.45, 7) is 3.10. The van der Waals surface area contributed by atoms with E-state index in [0.29, 0.717) is 0 Å². The van der Waals surface area contributed by atoms with Crippen molar-refractivity contribution in [3.8, 4) is 0 Å². The summed E-state index contributed by atoms with van der Waals surface area (Å²) in [5.74, 6) is 0. The first kappa shape index (κ1) is 10.2. The molecule has 0 amide bonds. The lowest BCUT2D eigenvalue weighted by Crippen LogP contribution is -2.30. The summed E-state index contributed by atoms with van der Waals surface area (Å²) in [5, 5.41) is 12.0. The van der Waals surface area contributed by atoms with Gasteiger partial charge in [-0.25, -0.2) is 0 Å². The van der Waals surface area contributed by atoms with Crippen molar-refractivity contribution >= 4 is 0 Å². The van der Waals surface area contributed by atoms with Gasteiger partial charge in [-0.2, -0.15) is 0 Å². The van der Waals surface area contributed by atoms with Crippen LogP contribution in [0.1, 0.15) is 12.5 Å². The highest BCUT2D eigenvalue weighted by Crippen LogP contribution is 1.98. The average molecular weight is 179 g/mol. The van der Waals surface area contributed by atoms with Gasteiger partial charge in [-0.05, 0) is 25.5 Å². The summed E-state index contributed by atoms with van der Waals surface area (Å²) < 4.78 is 0. The molecular formula is C11H17NO. The Balaban J connectivity index is 2.20. The molecular weight excluding hydrogens is 162 g/mol. The van der Waals surface area contributed by atoms with Gasteiger partial charge in [0.15, 0.2) is 0 Å². The van der Waals surface area contributed by atoms with Gasteiger partial charge in [-0.1, -0.05) is 30.3 Å². The fourth-order valence-corrected chi connectivity index (χ4v) is 1.17. The molecule has 2 N–H and O–H groups in total. The molecule has 1 aromatic rings. The molecule has 0 heterocycles. The minimum Gasteiger partial charge on any atom is -0.395 e. The van der Waals surface area contributed by atoms with Crippen LogP contribution in [0, 0.1) is 0 Å². The molecule has 1 atom stereocenters. The molecule has 0 aliphatic heterocycles. The summed E-state index contributed by atoms with van der Waals surface area (Å²) in [4.78, 5) is 0. The number of hydrogen-bond donors (Lipinski definition) is 2. The van der Waals surface area contributed by atoms with E-state index in [1.54, 1.807) is 0 Å². The summed E-state index contributed by atoms with van der Waals surface area (Å²) in [6, 6.07) is 10.5. The highest BCUT2D eigenvalue weighted by atomic mass is 16.3. The van der Waals surface area contributed by atoms with E-state index in [1.165, 1.54) is 5.56 Å². The molecule has 0 bridgehead atoms. The summed E-state index contributed by atoms with van der Waals surface area (Å²) in [6.07, 6.45) is 1.02. The summed E-state index contributed by atoms with van der Waals surface area (Å²) >= 11 is 0. The molecule has 2 heteroatoms. The molecule has 0 aliphatic carbocycles. The molecule has 0 radical (unpaired) electrons. The molecule has 13 heavy (non-hydrogen) atoms. The first-order valence-electron chi connectivity index (χ1n) is 4.71. The third-order valence-corrected chi connectivity index (χ3v) is 2.02. The zero-order chi connectivity index (χ0) is 9.52. The second-order valence-electron chi connectivity index (χ2n) is 3.27. The lowest BCUT2D eigenvalue weighted by atomic mass is 10.1. The van der Waals surface area contributed by atoms with Crippen LogP contribution in [-0.4, -0.2) is 24.3 Å². The number of benzene rings is 1. The van der Waals surface area contributed by atoms with Crippen molar-refractivity contribution in [2.45, 2.75) is 19.4 Å². The van der Waals surface area contributed by atoms with Crippen LogP contribution >= 0.6 is 0 Å². The van der Waals surface area contributed by atoms with Crippen LogP contribution in [-0.2, 0) is 6.42 Å². The molecule has 0 saturated heterocycles. The SMILES string of the molecule is C[C@@H](CO)NCCc1ccccc1. The Bertz CT molecular complexity index is 223. The molecule has 0 fully saturated rings. The van der Waals surface area contributed by atoms with Crippen molar-refractivity contribution in [2.75, 3.05) is 13.2 Å².